The van der Waals surface area contributed by atoms with Crippen LogP contribution in [0.1, 0.15) is 108 Å². The van der Waals surface area contributed by atoms with E-state index in [1.165, 1.54) is 57.8 Å². The van der Waals surface area contributed by atoms with Gasteiger partial charge in [0.05, 0.1) is 12.1 Å². The zero-order chi connectivity index (χ0) is 33.2. The Hall–Kier alpha value is -3.23. The largest absolute Gasteiger partial charge is 0.355 e. The molecule has 2 rings (SSSR count). The van der Waals surface area contributed by atoms with Crippen LogP contribution in [-0.4, -0.2) is 60.9 Å². The molecule has 2 aromatic rings. The minimum Gasteiger partial charge on any atom is -0.355 e. The van der Waals surface area contributed by atoms with Crippen molar-refractivity contribution in [2.45, 2.75) is 122 Å². The van der Waals surface area contributed by atoms with E-state index in [0.717, 1.165) is 24.0 Å². The SMILES string of the molecule is CCCCCCCCCCCCCC(=O)N(CCCNC(=O)[C@@H](N)Cc1ccccc1)CCCNC(=O)[C@@H](N)Cc1ccccc1. The van der Waals surface area contributed by atoms with E-state index < -0.39 is 12.1 Å². The Balaban J connectivity index is 1.72. The molecule has 0 aromatic heterocycles. The van der Waals surface area contributed by atoms with Gasteiger partial charge >= 0.3 is 0 Å². The van der Waals surface area contributed by atoms with Crippen molar-refractivity contribution in [2.24, 2.45) is 11.5 Å². The van der Waals surface area contributed by atoms with Gasteiger partial charge in [-0.05, 0) is 43.2 Å². The third-order valence-electron chi connectivity index (χ3n) is 8.43. The van der Waals surface area contributed by atoms with E-state index in [0.29, 0.717) is 58.3 Å². The van der Waals surface area contributed by atoms with E-state index in [4.69, 9.17) is 11.5 Å². The molecule has 0 aliphatic rings. The van der Waals surface area contributed by atoms with Crippen LogP contribution in [0.25, 0.3) is 0 Å². The number of rotatable bonds is 26. The topological polar surface area (TPSA) is 131 Å². The summed E-state index contributed by atoms with van der Waals surface area (Å²) in [5.41, 5.74) is 14.3. The summed E-state index contributed by atoms with van der Waals surface area (Å²) >= 11 is 0. The van der Waals surface area contributed by atoms with E-state index >= 15 is 0 Å². The molecule has 0 saturated heterocycles. The van der Waals surface area contributed by atoms with Crippen LogP contribution < -0.4 is 22.1 Å². The first-order valence-corrected chi connectivity index (χ1v) is 17.8. The number of carbonyl (C=O) groups is 3. The maximum Gasteiger partial charge on any atom is 0.237 e. The second-order valence-corrected chi connectivity index (χ2v) is 12.5. The fraction of sp³-hybridized carbons (Fsp3) is 0.605. The van der Waals surface area contributed by atoms with Gasteiger partial charge in [0.15, 0.2) is 0 Å². The molecule has 0 saturated carbocycles. The van der Waals surface area contributed by atoms with Crippen molar-refractivity contribution in [3.05, 3.63) is 71.8 Å². The fourth-order valence-electron chi connectivity index (χ4n) is 5.61. The first-order valence-electron chi connectivity index (χ1n) is 17.8. The van der Waals surface area contributed by atoms with Crippen molar-refractivity contribution >= 4 is 17.7 Å². The predicted octanol–water partition coefficient (Wildman–Crippen LogP) is 5.67. The number of unbranched alkanes of at least 4 members (excludes halogenated alkanes) is 10. The summed E-state index contributed by atoms with van der Waals surface area (Å²) in [5, 5.41) is 5.86. The van der Waals surface area contributed by atoms with Crippen LogP contribution in [0, 0.1) is 0 Å². The van der Waals surface area contributed by atoms with E-state index in [1.54, 1.807) is 0 Å². The molecular weight excluding hydrogens is 574 g/mol. The lowest BCUT2D eigenvalue weighted by molar-refractivity contribution is -0.131. The van der Waals surface area contributed by atoms with Gasteiger partial charge in [0.2, 0.25) is 17.7 Å². The number of amides is 3. The van der Waals surface area contributed by atoms with E-state index in [-0.39, 0.29) is 17.7 Å². The molecule has 46 heavy (non-hydrogen) atoms. The first-order chi connectivity index (χ1) is 22.4. The van der Waals surface area contributed by atoms with Gasteiger partial charge in [-0.15, -0.1) is 0 Å². The third kappa shape index (κ3) is 18.1. The average molecular weight is 636 g/mol. The highest BCUT2D eigenvalue weighted by Crippen LogP contribution is 2.13. The lowest BCUT2D eigenvalue weighted by Crippen LogP contribution is -2.44. The fourth-order valence-corrected chi connectivity index (χ4v) is 5.61. The summed E-state index contributed by atoms with van der Waals surface area (Å²) in [6.45, 7) is 4.25. The van der Waals surface area contributed by atoms with Crippen LogP contribution in [0.2, 0.25) is 0 Å². The van der Waals surface area contributed by atoms with Gasteiger partial charge in [-0.2, -0.15) is 0 Å². The Labute approximate surface area is 278 Å². The van der Waals surface area contributed by atoms with Gasteiger partial charge in [-0.1, -0.05) is 132 Å². The quantitative estimate of drug-likeness (QED) is 0.0990. The van der Waals surface area contributed by atoms with Crippen molar-refractivity contribution in [1.82, 2.24) is 15.5 Å². The Bertz CT molecular complexity index is 1010. The van der Waals surface area contributed by atoms with Crippen LogP contribution in [0.15, 0.2) is 60.7 Å². The molecule has 0 radical (unpaired) electrons. The lowest BCUT2D eigenvalue weighted by Gasteiger charge is -2.23. The second kappa shape index (κ2) is 24.9. The van der Waals surface area contributed by atoms with Gasteiger partial charge in [0.1, 0.15) is 0 Å². The van der Waals surface area contributed by atoms with Gasteiger partial charge in [0.25, 0.3) is 0 Å². The monoisotopic (exact) mass is 635 g/mol. The highest BCUT2D eigenvalue weighted by molar-refractivity contribution is 5.82. The maximum atomic E-state index is 13.2. The summed E-state index contributed by atoms with van der Waals surface area (Å²) in [6.07, 6.45) is 16.4. The first kappa shape index (κ1) is 39.0. The Morgan fingerprint density at radius 1 is 0.587 bits per heavy atom. The van der Waals surface area contributed by atoms with Crippen LogP contribution >= 0.6 is 0 Å². The summed E-state index contributed by atoms with van der Waals surface area (Å²) in [7, 11) is 0. The summed E-state index contributed by atoms with van der Waals surface area (Å²) in [4.78, 5) is 40.1. The highest BCUT2D eigenvalue weighted by atomic mass is 16.2. The number of carbonyl (C=O) groups excluding carboxylic acids is 3. The van der Waals surface area contributed by atoms with Crippen LogP contribution in [0.5, 0.6) is 0 Å². The molecule has 0 heterocycles. The molecule has 2 aromatic carbocycles. The molecule has 0 bridgehead atoms. The summed E-state index contributed by atoms with van der Waals surface area (Å²) in [5.74, 6) is -0.232. The van der Waals surface area contributed by atoms with E-state index in [9.17, 15) is 14.4 Å². The van der Waals surface area contributed by atoms with Crippen LogP contribution in [0.4, 0.5) is 0 Å². The standard InChI is InChI=1S/C38H61N5O3/c1-2-3-4-5-6-7-8-9-10-11-18-25-36(44)43(28-19-26-41-37(45)34(39)30-32-21-14-12-15-22-32)29-20-27-42-38(46)35(40)31-33-23-16-13-17-24-33/h12-17,21-24,34-35H,2-11,18-20,25-31,39-40H2,1H3,(H,41,45)(H,42,46)/t34-,35-/m0/s1. The number of nitrogens with one attached hydrogen (secondary N) is 2. The number of hydrogen-bond donors (Lipinski definition) is 4. The molecule has 2 atom stereocenters. The van der Waals surface area contributed by atoms with Gasteiger partial charge in [0, 0.05) is 32.6 Å². The molecular formula is C38H61N5O3. The van der Waals surface area contributed by atoms with Crippen LogP contribution in [0.3, 0.4) is 0 Å². The van der Waals surface area contributed by atoms with Gasteiger partial charge < -0.3 is 27.0 Å². The molecule has 0 fully saturated rings. The number of nitrogens with zero attached hydrogens (tertiary/aromatic N) is 1. The zero-order valence-corrected chi connectivity index (χ0v) is 28.4. The maximum absolute atomic E-state index is 13.2. The molecule has 8 nitrogen and oxygen atoms in total. The van der Waals surface area contributed by atoms with Crippen molar-refractivity contribution in [3.8, 4) is 0 Å². The van der Waals surface area contributed by atoms with Crippen molar-refractivity contribution in [2.75, 3.05) is 26.2 Å². The highest BCUT2D eigenvalue weighted by Gasteiger charge is 2.17. The summed E-state index contributed by atoms with van der Waals surface area (Å²) < 4.78 is 0. The Morgan fingerprint density at radius 3 is 1.39 bits per heavy atom. The molecule has 8 heteroatoms. The third-order valence-corrected chi connectivity index (χ3v) is 8.43. The smallest absolute Gasteiger partial charge is 0.237 e. The molecule has 0 spiro atoms. The number of nitrogens with two attached hydrogens (primary N) is 2. The number of benzene rings is 2. The van der Waals surface area contributed by atoms with Crippen LogP contribution in [-0.2, 0) is 27.2 Å². The normalized spacial score (nSPS) is 12.3. The van der Waals surface area contributed by atoms with E-state index in [1.807, 2.05) is 65.6 Å². The van der Waals surface area contributed by atoms with Crippen molar-refractivity contribution in [1.29, 1.82) is 0 Å². The Morgan fingerprint density at radius 2 is 0.978 bits per heavy atom. The minimum atomic E-state index is -0.613. The van der Waals surface area contributed by atoms with Crippen molar-refractivity contribution in [3.63, 3.8) is 0 Å². The van der Waals surface area contributed by atoms with E-state index in [2.05, 4.69) is 17.6 Å². The molecule has 0 aliphatic carbocycles. The Kier molecular flexibility index (Phi) is 21.1. The average Bonchev–Trinajstić information content (AvgIpc) is 3.06. The molecule has 3 amide bonds. The second-order valence-electron chi connectivity index (χ2n) is 12.5. The van der Waals surface area contributed by atoms with Gasteiger partial charge in [-0.25, -0.2) is 0 Å². The van der Waals surface area contributed by atoms with Gasteiger partial charge in [-0.3, -0.25) is 14.4 Å². The molecule has 0 aliphatic heterocycles. The summed E-state index contributed by atoms with van der Waals surface area (Å²) in [6, 6.07) is 18.3. The van der Waals surface area contributed by atoms with Crippen molar-refractivity contribution < 1.29 is 14.4 Å². The number of hydrogen-bond acceptors (Lipinski definition) is 5. The minimum absolute atomic E-state index is 0.134. The molecule has 6 N–H and O–H groups in total. The molecule has 256 valence electrons. The zero-order valence-electron chi connectivity index (χ0n) is 28.4. The molecule has 0 unspecified atom stereocenters. The lowest BCUT2D eigenvalue weighted by atomic mass is 10.1. The predicted molar refractivity (Wildman–Crippen MR) is 189 cm³/mol.